The van der Waals surface area contributed by atoms with Crippen LogP contribution in [0, 0.1) is 0 Å². The molecule has 1 atom stereocenters. The van der Waals surface area contributed by atoms with Crippen molar-refractivity contribution in [3.05, 3.63) is 60.2 Å². The number of hydrogen-bond acceptors (Lipinski definition) is 3. The number of amides is 1. The number of nitrogens with zero attached hydrogens (tertiary/aromatic N) is 2. The summed E-state index contributed by atoms with van der Waals surface area (Å²) in [6, 6.07) is 18.7. The number of ether oxygens (including phenoxy) is 1. The molecule has 0 aliphatic carbocycles. The van der Waals surface area contributed by atoms with Crippen molar-refractivity contribution in [2.75, 3.05) is 39.3 Å². The van der Waals surface area contributed by atoms with Crippen LogP contribution >= 0.6 is 0 Å². The summed E-state index contributed by atoms with van der Waals surface area (Å²) in [4.78, 5) is 17.1. The Kier molecular flexibility index (Phi) is 5.85. The SMILES string of the molecule is O=C(Cc1ccc(-c2ccccc2)cc1)N1CCN(C[C@@H]2CCCO2)CC1. The van der Waals surface area contributed by atoms with Crippen LogP contribution in [0.1, 0.15) is 18.4 Å². The predicted molar refractivity (Wildman–Crippen MR) is 108 cm³/mol. The highest BCUT2D eigenvalue weighted by molar-refractivity contribution is 5.79. The molecule has 1 amide bonds. The average Bonchev–Trinajstić information content (AvgIpc) is 3.23. The fourth-order valence-corrected chi connectivity index (χ4v) is 3.99. The number of carbonyl (C=O) groups is 1. The van der Waals surface area contributed by atoms with Crippen LogP contribution in [0.5, 0.6) is 0 Å². The van der Waals surface area contributed by atoms with Gasteiger partial charge in [0.15, 0.2) is 0 Å². The zero-order valence-corrected chi connectivity index (χ0v) is 15.8. The van der Waals surface area contributed by atoms with Crippen LogP contribution in [0.15, 0.2) is 54.6 Å². The minimum absolute atomic E-state index is 0.235. The summed E-state index contributed by atoms with van der Waals surface area (Å²) in [5.74, 6) is 0.235. The quantitative estimate of drug-likeness (QED) is 0.817. The lowest BCUT2D eigenvalue weighted by atomic mass is 10.0. The van der Waals surface area contributed by atoms with Crippen molar-refractivity contribution in [1.29, 1.82) is 0 Å². The van der Waals surface area contributed by atoms with Crippen molar-refractivity contribution < 1.29 is 9.53 Å². The summed E-state index contributed by atoms with van der Waals surface area (Å²) in [6.45, 7) is 5.49. The molecular formula is C23H28N2O2. The van der Waals surface area contributed by atoms with Crippen LogP contribution in [-0.2, 0) is 16.0 Å². The summed E-state index contributed by atoms with van der Waals surface area (Å²) in [7, 11) is 0. The Morgan fingerprint density at radius 1 is 0.926 bits per heavy atom. The fraction of sp³-hybridized carbons (Fsp3) is 0.435. The highest BCUT2D eigenvalue weighted by Gasteiger charge is 2.24. The molecule has 2 aliphatic heterocycles. The fourth-order valence-electron chi connectivity index (χ4n) is 3.99. The molecule has 2 heterocycles. The van der Waals surface area contributed by atoms with Gasteiger partial charge >= 0.3 is 0 Å². The number of hydrogen-bond donors (Lipinski definition) is 0. The second kappa shape index (κ2) is 8.68. The molecule has 0 aromatic heterocycles. The first-order valence-electron chi connectivity index (χ1n) is 10.0. The Balaban J connectivity index is 1.27. The molecule has 0 saturated carbocycles. The van der Waals surface area contributed by atoms with E-state index in [1.165, 1.54) is 24.0 Å². The Morgan fingerprint density at radius 2 is 1.63 bits per heavy atom. The Hall–Kier alpha value is -2.17. The van der Waals surface area contributed by atoms with E-state index in [1.807, 2.05) is 23.1 Å². The van der Waals surface area contributed by atoms with E-state index in [0.29, 0.717) is 12.5 Å². The van der Waals surface area contributed by atoms with Crippen LogP contribution in [0.3, 0.4) is 0 Å². The third kappa shape index (κ3) is 4.76. The lowest BCUT2D eigenvalue weighted by molar-refractivity contribution is -0.132. The molecule has 4 rings (SSSR count). The molecule has 142 valence electrons. The summed E-state index contributed by atoms with van der Waals surface area (Å²) < 4.78 is 5.73. The summed E-state index contributed by atoms with van der Waals surface area (Å²) in [6.07, 6.45) is 3.25. The van der Waals surface area contributed by atoms with Crippen LogP contribution in [0.25, 0.3) is 11.1 Å². The van der Waals surface area contributed by atoms with Crippen LogP contribution < -0.4 is 0 Å². The number of rotatable bonds is 5. The van der Waals surface area contributed by atoms with E-state index in [1.54, 1.807) is 0 Å². The molecule has 4 nitrogen and oxygen atoms in total. The Bertz CT molecular complexity index is 731. The minimum Gasteiger partial charge on any atom is -0.377 e. The number of piperazine rings is 1. The first kappa shape index (κ1) is 18.2. The number of carbonyl (C=O) groups excluding carboxylic acids is 1. The van der Waals surface area contributed by atoms with Crippen molar-refractivity contribution in [2.45, 2.75) is 25.4 Å². The van der Waals surface area contributed by atoms with Gasteiger partial charge in [0.05, 0.1) is 12.5 Å². The minimum atomic E-state index is 0.235. The second-order valence-electron chi connectivity index (χ2n) is 7.56. The molecule has 0 N–H and O–H groups in total. The standard InChI is InChI=1S/C23H28N2O2/c26-23(25-14-12-24(13-15-25)18-22-7-4-16-27-22)17-19-8-10-21(11-9-19)20-5-2-1-3-6-20/h1-3,5-6,8-11,22H,4,7,12-18H2/t22-/m0/s1. The maximum absolute atomic E-state index is 12.7. The van der Waals surface area contributed by atoms with E-state index in [0.717, 1.165) is 44.9 Å². The summed E-state index contributed by atoms with van der Waals surface area (Å²) >= 11 is 0. The molecule has 2 saturated heterocycles. The smallest absolute Gasteiger partial charge is 0.227 e. The average molecular weight is 364 g/mol. The topological polar surface area (TPSA) is 32.8 Å². The van der Waals surface area contributed by atoms with Gasteiger partial charge in [-0.1, -0.05) is 54.6 Å². The van der Waals surface area contributed by atoms with Crippen molar-refractivity contribution in [2.24, 2.45) is 0 Å². The maximum atomic E-state index is 12.7. The van der Waals surface area contributed by atoms with Gasteiger partial charge < -0.3 is 9.64 Å². The van der Waals surface area contributed by atoms with Crippen molar-refractivity contribution in [1.82, 2.24) is 9.80 Å². The summed E-state index contributed by atoms with van der Waals surface area (Å²) in [5, 5.41) is 0. The van der Waals surface area contributed by atoms with Gasteiger partial charge in [-0.15, -0.1) is 0 Å². The van der Waals surface area contributed by atoms with Crippen LogP contribution in [0.4, 0.5) is 0 Å². The molecule has 2 aliphatic rings. The van der Waals surface area contributed by atoms with E-state index in [9.17, 15) is 4.79 Å². The third-order valence-corrected chi connectivity index (χ3v) is 5.63. The van der Waals surface area contributed by atoms with Gasteiger partial charge in [-0.2, -0.15) is 0 Å². The monoisotopic (exact) mass is 364 g/mol. The van der Waals surface area contributed by atoms with Crippen LogP contribution in [0.2, 0.25) is 0 Å². The van der Waals surface area contributed by atoms with Gasteiger partial charge in [-0.3, -0.25) is 9.69 Å². The molecular weight excluding hydrogens is 336 g/mol. The van der Waals surface area contributed by atoms with E-state index < -0.39 is 0 Å². The van der Waals surface area contributed by atoms with Gasteiger partial charge in [-0.05, 0) is 29.5 Å². The maximum Gasteiger partial charge on any atom is 0.227 e. The Labute approximate surface area is 161 Å². The molecule has 4 heteroatoms. The van der Waals surface area contributed by atoms with Gasteiger partial charge in [0.25, 0.3) is 0 Å². The first-order chi connectivity index (χ1) is 13.3. The molecule has 0 radical (unpaired) electrons. The lowest BCUT2D eigenvalue weighted by Crippen LogP contribution is -2.50. The highest BCUT2D eigenvalue weighted by atomic mass is 16.5. The molecule has 27 heavy (non-hydrogen) atoms. The predicted octanol–water partition coefficient (Wildman–Crippen LogP) is 3.22. The molecule has 0 unspecified atom stereocenters. The van der Waals surface area contributed by atoms with E-state index >= 15 is 0 Å². The van der Waals surface area contributed by atoms with E-state index in [4.69, 9.17) is 4.74 Å². The van der Waals surface area contributed by atoms with E-state index in [2.05, 4.69) is 41.3 Å². The second-order valence-corrected chi connectivity index (χ2v) is 7.56. The third-order valence-electron chi connectivity index (χ3n) is 5.63. The van der Waals surface area contributed by atoms with Crippen molar-refractivity contribution in [3.63, 3.8) is 0 Å². The van der Waals surface area contributed by atoms with Gasteiger partial charge in [0.2, 0.25) is 5.91 Å². The highest BCUT2D eigenvalue weighted by Crippen LogP contribution is 2.20. The van der Waals surface area contributed by atoms with Gasteiger partial charge in [-0.25, -0.2) is 0 Å². The Morgan fingerprint density at radius 3 is 2.30 bits per heavy atom. The van der Waals surface area contributed by atoms with Gasteiger partial charge in [0.1, 0.15) is 0 Å². The molecule has 2 fully saturated rings. The molecule has 0 spiro atoms. The molecule has 0 bridgehead atoms. The molecule has 2 aromatic carbocycles. The largest absolute Gasteiger partial charge is 0.377 e. The normalized spacial score (nSPS) is 20.7. The van der Waals surface area contributed by atoms with Crippen molar-refractivity contribution >= 4 is 5.91 Å². The van der Waals surface area contributed by atoms with Crippen LogP contribution in [-0.4, -0.2) is 61.1 Å². The van der Waals surface area contributed by atoms with Gasteiger partial charge in [0, 0.05) is 39.3 Å². The summed E-state index contributed by atoms with van der Waals surface area (Å²) in [5.41, 5.74) is 3.48. The lowest BCUT2D eigenvalue weighted by Gasteiger charge is -2.35. The van der Waals surface area contributed by atoms with E-state index in [-0.39, 0.29) is 5.91 Å². The first-order valence-corrected chi connectivity index (χ1v) is 10.0. The van der Waals surface area contributed by atoms with Crippen molar-refractivity contribution in [3.8, 4) is 11.1 Å². The molecule has 2 aromatic rings. The zero-order valence-electron chi connectivity index (χ0n) is 15.8. The zero-order chi connectivity index (χ0) is 18.5. The number of benzene rings is 2.